The Balaban J connectivity index is 1.90. The predicted octanol–water partition coefficient (Wildman–Crippen LogP) is 4.52. The number of ether oxygens (including phenoxy) is 2. The van der Waals surface area contributed by atoms with Gasteiger partial charge in [-0.05, 0) is 42.1 Å². The van der Waals surface area contributed by atoms with Crippen molar-refractivity contribution >= 4 is 35.4 Å². The zero-order valence-electron chi connectivity index (χ0n) is 15.5. The first kappa shape index (κ1) is 21.2. The molecule has 8 nitrogen and oxygen atoms in total. The van der Waals surface area contributed by atoms with Crippen LogP contribution in [0, 0.1) is 11.3 Å². The van der Waals surface area contributed by atoms with Crippen LogP contribution < -0.4 is 9.47 Å². The third-order valence-electron chi connectivity index (χ3n) is 3.70. The van der Waals surface area contributed by atoms with E-state index in [9.17, 15) is 9.90 Å². The zero-order valence-corrected chi connectivity index (χ0v) is 17.1. The van der Waals surface area contributed by atoms with Gasteiger partial charge in [0.05, 0.1) is 12.7 Å². The van der Waals surface area contributed by atoms with E-state index in [1.807, 2.05) is 6.07 Å². The second-order valence-corrected chi connectivity index (χ2v) is 7.05. The number of halogens is 1. The first-order valence-corrected chi connectivity index (χ1v) is 9.60. The van der Waals surface area contributed by atoms with E-state index < -0.39 is 5.97 Å². The summed E-state index contributed by atoms with van der Waals surface area (Å²) in [5.41, 5.74) is 0.981. The number of carbonyl (C=O) groups is 1. The minimum Gasteiger partial charge on any atom is -0.496 e. The summed E-state index contributed by atoms with van der Waals surface area (Å²) in [6.07, 6.45) is 1.41. The number of para-hydroxylation sites is 1. The molecule has 1 N–H and O–H groups in total. The molecule has 0 spiro atoms. The molecule has 0 aliphatic heterocycles. The third kappa shape index (κ3) is 5.11. The summed E-state index contributed by atoms with van der Waals surface area (Å²) in [7, 11) is 1.50. The molecule has 0 amide bonds. The number of carboxylic acids is 1. The van der Waals surface area contributed by atoms with Crippen molar-refractivity contribution in [3.8, 4) is 29.0 Å². The maximum absolute atomic E-state index is 11.7. The average molecular weight is 444 g/mol. The summed E-state index contributed by atoms with van der Waals surface area (Å²) < 4.78 is 16.2. The molecule has 1 aromatic heterocycles. The lowest BCUT2D eigenvalue weighted by Gasteiger charge is -2.06. The average Bonchev–Trinajstić information content (AvgIpc) is 3.21. The van der Waals surface area contributed by atoms with Gasteiger partial charge in [-0.2, -0.15) is 5.26 Å². The lowest BCUT2D eigenvalue weighted by molar-refractivity contribution is -0.131. The molecule has 1 heterocycles. The molecule has 2 aromatic carbocycles. The molecule has 3 rings (SSSR count). The fraction of sp³-hybridized carbons (Fsp3) is 0.100. The van der Waals surface area contributed by atoms with Crippen LogP contribution in [0.2, 0.25) is 5.02 Å². The van der Waals surface area contributed by atoms with Crippen LogP contribution in [0.15, 0.2) is 57.0 Å². The van der Waals surface area contributed by atoms with Gasteiger partial charge in [-0.3, -0.25) is 0 Å². The number of carboxylic acid groups (broad SMARTS) is 1. The van der Waals surface area contributed by atoms with Crippen LogP contribution in [0.4, 0.5) is 0 Å². The summed E-state index contributed by atoms with van der Waals surface area (Å²) in [6, 6.07) is 13.6. The van der Waals surface area contributed by atoms with Crippen molar-refractivity contribution in [2.75, 3.05) is 13.7 Å². The molecule has 10 heteroatoms. The maximum Gasteiger partial charge on any atom is 0.342 e. The largest absolute Gasteiger partial charge is 0.496 e. The molecule has 0 saturated carbocycles. The van der Waals surface area contributed by atoms with Gasteiger partial charge < -0.3 is 19.0 Å². The van der Waals surface area contributed by atoms with Crippen LogP contribution in [-0.2, 0) is 4.79 Å². The van der Waals surface area contributed by atoms with E-state index in [2.05, 4.69) is 10.2 Å². The van der Waals surface area contributed by atoms with Crippen molar-refractivity contribution in [2.45, 2.75) is 5.22 Å². The number of nitriles is 1. The van der Waals surface area contributed by atoms with Crippen molar-refractivity contribution in [1.82, 2.24) is 10.2 Å². The molecule has 0 fully saturated rings. The van der Waals surface area contributed by atoms with Gasteiger partial charge in [0.1, 0.15) is 22.5 Å². The van der Waals surface area contributed by atoms with Crippen molar-refractivity contribution in [3.05, 3.63) is 58.0 Å². The molecule has 152 valence electrons. The van der Waals surface area contributed by atoms with Gasteiger partial charge in [-0.25, -0.2) is 4.79 Å². The second kappa shape index (κ2) is 9.82. The number of rotatable bonds is 8. The number of hydrogen-bond donors (Lipinski definition) is 1. The SMILES string of the molecule is COc1ccc(Cl)cc1-c1nnc(S/C(=C\c2ccccc2OCC#N)C(=O)O)o1. The number of nitrogens with zero attached hydrogens (tertiary/aromatic N) is 3. The van der Waals surface area contributed by atoms with Crippen LogP contribution >= 0.6 is 23.4 Å². The Labute approximate surface area is 180 Å². The summed E-state index contributed by atoms with van der Waals surface area (Å²) in [6.45, 7) is -0.158. The minimum atomic E-state index is -1.19. The van der Waals surface area contributed by atoms with Crippen LogP contribution in [0.3, 0.4) is 0 Å². The summed E-state index contributed by atoms with van der Waals surface area (Å²) >= 11 is 6.81. The zero-order chi connectivity index (χ0) is 21.5. The lowest BCUT2D eigenvalue weighted by atomic mass is 10.2. The first-order chi connectivity index (χ1) is 14.5. The molecule has 30 heavy (non-hydrogen) atoms. The van der Waals surface area contributed by atoms with E-state index in [0.29, 0.717) is 27.6 Å². The third-order valence-corrected chi connectivity index (χ3v) is 4.79. The highest BCUT2D eigenvalue weighted by molar-refractivity contribution is 8.03. The predicted molar refractivity (Wildman–Crippen MR) is 110 cm³/mol. The Morgan fingerprint density at radius 1 is 1.30 bits per heavy atom. The van der Waals surface area contributed by atoms with Crippen LogP contribution in [0.25, 0.3) is 17.5 Å². The molecule has 0 atom stereocenters. The summed E-state index contributed by atoms with van der Waals surface area (Å²) in [4.78, 5) is 11.7. The highest BCUT2D eigenvalue weighted by Crippen LogP contribution is 2.35. The molecule has 0 saturated heterocycles. The Morgan fingerprint density at radius 2 is 2.10 bits per heavy atom. The molecule has 0 aliphatic rings. The Morgan fingerprint density at radius 3 is 2.83 bits per heavy atom. The van der Waals surface area contributed by atoms with Crippen molar-refractivity contribution < 1.29 is 23.8 Å². The summed E-state index contributed by atoms with van der Waals surface area (Å²) in [5, 5.41) is 26.6. The van der Waals surface area contributed by atoms with Crippen molar-refractivity contribution in [2.24, 2.45) is 0 Å². The van der Waals surface area contributed by atoms with Crippen LogP contribution in [-0.4, -0.2) is 35.0 Å². The van der Waals surface area contributed by atoms with E-state index in [1.54, 1.807) is 42.5 Å². The smallest absolute Gasteiger partial charge is 0.342 e. The lowest BCUT2D eigenvalue weighted by Crippen LogP contribution is -1.99. The summed E-state index contributed by atoms with van der Waals surface area (Å²) in [5.74, 6) is -0.181. The quantitative estimate of drug-likeness (QED) is 0.395. The molecule has 3 aromatic rings. The highest BCUT2D eigenvalue weighted by Gasteiger charge is 2.19. The molecular weight excluding hydrogens is 430 g/mol. The van der Waals surface area contributed by atoms with Gasteiger partial charge in [0.25, 0.3) is 11.1 Å². The number of methoxy groups -OCH3 is 1. The van der Waals surface area contributed by atoms with E-state index >= 15 is 0 Å². The van der Waals surface area contributed by atoms with Gasteiger partial charge in [0.2, 0.25) is 0 Å². The molecular formula is C20H14ClN3O5S. The standard InChI is InChI=1S/C20H14ClN3O5S/c1-27-16-7-6-13(21)11-14(16)18-23-24-20(29-18)30-17(19(25)26)10-12-4-2-3-5-15(12)28-9-8-22/h2-7,10-11H,9H2,1H3,(H,25,26)/b17-10-. The van der Waals surface area contributed by atoms with Crippen LogP contribution in [0.5, 0.6) is 11.5 Å². The number of aliphatic carboxylic acids is 1. The minimum absolute atomic E-state index is 0.0242. The van der Waals surface area contributed by atoms with E-state index in [-0.39, 0.29) is 22.6 Å². The van der Waals surface area contributed by atoms with E-state index in [0.717, 1.165) is 11.8 Å². The highest BCUT2D eigenvalue weighted by atomic mass is 35.5. The Hall–Kier alpha value is -3.48. The van der Waals surface area contributed by atoms with E-state index in [1.165, 1.54) is 13.2 Å². The second-order valence-electron chi connectivity index (χ2n) is 5.62. The molecule has 0 aliphatic carbocycles. The fourth-order valence-electron chi connectivity index (χ4n) is 2.42. The van der Waals surface area contributed by atoms with Crippen molar-refractivity contribution in [3.63, 3.8) is 0 Å². The maximum atomic E-state index is 11.7. The number of thioether (sulfide) groups is 1. The number of aromatic nitrogens is 2. The monoisotopic (exact) mass is 443 g/mol. The Kier molecular flexibility index (Phi) is 6.95. The number of benzene rings is 2. The van der Waals surface area contributed by atoms with E-state index in [4.69, 9.17) is 30.8 Å². The Bertz CT molecular complexity index is 1140. The van der Waals surface area contributed by atoms with Gasteiger partial charge in [0.15, 0.2) is 6.61 Å². The topological polar surface area (TPSA) is 118 Å². The number of hydrogen-bond acceptors (Lipinski definition) is 8. The molecule has 0 radical (unpaired) electrons. The van der Waals surface area contributed by atoms with Gasteiger partial charge in [-0.1, -0.05) is 29.8 Å². The molecule has 0 bridgehead atoms. The first-order valence-electron chi connectivity index (χ1n) is 8.41. The molecule has 0 unspecified atom stereocenters. The normalized spacial score (nSPS) is 11.0. The fourth-order valence-corrected chi connectivity index (χ4v) is 3.25. The van der Waals surface area contributed by atoms with Gasteiger partial charge >= 0.3 is 5.97 Å². The van der Waals surface area contributed by atoms with Crippen LogP contribution in [0.1, 0.15) is 5.56 Å². The van der Waals surface area contributed by atoms with Gasteiger partial charge in [-0.15, -0.1) is 10.2 Å². The van der Waals surface area contributed by atoms with Gasteiger partial charge in [0, 0.05) is 10.6 Å². The van der Waals surface area contributed by atoms with Crippen molar-refractivity contribution in [1.29, 1.82) is 5.26 Å².